The Kier molecular flexibility index (Phi) is 8.36. The first-order chi connectivity index (χ1) is 17.9. The third kappa shape index (κ3) is 5.89. The van der Waals surface area contributed by atoms with E-state index in [0.717, 1.165) is 24.2 Å². The van der Waals surface area contributed by atoms with Gasteiger partial charge in [-0.05, 0) is 67.5 Å². The van der Waals surface area contributed by atoms with Gasteiger partial charge in [0.2, 0.25) is 0 Å². The molecule has 1 N–H and O–H groups in total. The Morgan fingerprint density at radius 3 is 2.38 bits per heavy atom. The number of hydrogen-bond acceptors (Lipinski definition) is 6. The standard InChI is InChI=1S/C30H33N3O4/c1-4-32(5-2)17-18-33-27(23-13-15-31-16-14-23)26(29(35)30(33)36)28(34)24-9-11-25(12-10-24)37-20-22-8-6-7-21(3)19-22/h6-16,19,27,34H,4-5,17-18,20H2,1-3H3/b28-26+. The van der Waals surface area contributed by atoms with Crippen molar-refractivity contribution in [3.8, 4) is 5.75 Å². The molecule has 0 aliphatic carbocycles. The minimum atomic E-state index is -0.684. The number of carbonyl (C=O) groups excluding carboxylic acids is 2. The second-order valence-electron chi connectivity index (χ2n) is 9.10. The van der Waals surface area contributed by atoms with Crippen LogP contribution in [0.2, 0.25) is 0 Å². The highest BCUT2D eigenvalue weighted by Crippen LogP contribution is 2.39. The van der Waals surface area contributed by atoms with Crippen LogP contribution in [0.3, 0.4) is 0 Å². The summed E-state index contributed by atoms with van der Waals surface area (Å²) in [6.45, 7) is 9.28. The van der Waals surface area contributed by atoms with Crippen LogP contribution in [0.1, 0.15) is 42.1 Å². The molecule has 0 radical (unpaired) electrons. The Bertz CT molecular complexity index is 1270. The molecule has 1 atom stereocenters. The molecular formula is C30H33N3O4. The third-order valence-corrected chi connectivity index (χ3v) is 6.73. The van der Waals surface area contributed by atoms with Gasteiger partial charge in [0.25, 0.3) is 11.7 Å². The van der Waals surface area contributed by atoms with Crippen molar-refractivity contribution < 1.29 is 19.4 Å². The highest BCUT2D eigenvalue weighted by atomic mass is 16.5. The SMILES string of the molecule is CCN(CC)CCN1C(=O)C(=O)/C(=C(/O)c2ccc(OCc3cccc(C)c3)cc2)C1c1ccncc1. The van der Waals surface area contributed by atoms with Crippen LogP contribution in [-0.2, 0) is 16.2 Å². The number of rotatable bonds is 10. The number of hydrogen-bond donors (Lipinski definition) is 1. The van der Waals surface area contributed by atoms with E-state index >= 15 is 0 Å². The van der Waals surface area contributed by atoms with E-state index in [4.69, 9.17) is 4.74 Å². The number of nitrogens with zero attached hydrogens (tertiary/aromatic N) is 3. The highest BCUT2D eigenvalue weighted by Gasteiger charge is 2.45. The maximum absolute atomic E-state index is 13.2. The summed E-state index contributed by atoms with van der Waals surface area (Å²) in [7, 11) is 0. The summed E-state index contributed by atoms with van der Waals surface area (Å²) < 4.78 is 5.89. The number of carbonyl (C=O) groups is 2. The van der Waals surface area contributed by atoms with E-state index in [1.807, 2.05) is 25.1 Å². The second kappa shape index (κ2) is 11.8. The first kappa shape index (κ1) is 26.1. The lowest BCUT2D eigenvalue weighted by Crippen LogP contribution is -2.38. The first-order valence-electron chi connectivity index (χ1n) is 12.6. The molecule has 0 spiro atoms. The average molecular weight is 500 g/mol. The van der Waals surface area contributed by atoms with Crippen LogP contribution < -0.4 is 4.74 Å². The van der Waals surface area contributed by atoms with Crippen LogP contribution in [-0.4, -0.2) is 57.8 Å². The predicted molar refractivity (Wildman–Crippen MR) is 143 cm³/mol. The van der Waals surface area contributed by atoms with E-state index in [9.17, 15) is 14.7 Å². The van der Waals surface area contributed by atoms with Crippen molar-refractivity contribution in [3.05, 3.63) is 101 Å². The summed E-state index contributed by atoms with van der Waals surface area (Å²) in [5, 5.41) is 11.3. The molecular weight excluding hydrogens is 466 g/mol. The highest BCUT2D eigenvalue weighted by molar-refractivity contribution is 6.46. The molecule has 2 aromatic carbocycles. The number of aliphatic hydroxyl groups excluding tert-OH is 1. The summed E-state index contributed by atoms with van der Waals surface area (Å²) in [4.78, 5) is 34.1. The summed E-state index contributed by atoms with van der Waals surface area (Å²) in [5.41, 5.74) is 3.49. The van der Waals surface area contributed by atoms with E-state index < -0.39 is 17.7 Å². The van der Waals surface area contributed by atoms with Crippen molar-refractivity contribution in [1.29, 1.82) is 0 Å². The van der Waals surface area contributed by atoms with Gasteiger partial charge >= 0.3 is 0 Å². The number of Topliss-reactive ketones (excluding diaryl/α,β-unsaturated/α-hetero) is 1. The maximum Gasteiger partial charge on any atom is 0.295 e. The number of likely N-dealkylation sites (N-methyl/N-ethyl adjacent to an activating group) is 1. The first-order valence-corrected chi connectivity index (χ1v) is 12.6. The van der Waals surface area contributed by atoms with Crippen LogP contribution >= 0.6 is 0 Å². The number of aryl methyl sites for hydroxylation is 1. The molecule has 7 nitrogen and oxygen atoms in total. The maximum atomic E-state index is 13.2. The molecule has 37 heavy (non-hydrogen) atoms. The fraction of sp³-hybridized carbons (Fsp3) is 0.300. The lowest BCUT2D eigenvalue weighted by Gasteiger charge is -2.28. The van der Waals surface area contributed by atoms with Gasteiger partial charge in [0.05, 0.1) is 11.6 Å². The number of aromatic nitrogens is 1. The second-order valence-corrected chi connectivity index (χ2v) is 9.10. The van der Waals surface area contributed by atoms with E-state index in [-0.39, 0.29) is 11.3 Å². The lowest BCUT2D eigenvalue weighted by atomic mass is 9.96. The van der Waals surface area contributed by atoms with Gasteiger partial charge in [0, 0.05) is 31.0 Å². The zero-order chi connectivity index (χ0) is 26.4. The molecule has 7 heteroatoms. The van der Waals surface area contributed by atoms with Gasteiger partial charge in [-0.15, -0.1) is 0 Å². The van der Waals surface area contributed by atoms with Crippen LogP contribution in [0.4, 0.5) is 0 Å². The largest absolute Gasteiger partial charge is 0.507 e. The normalized spacial score (nSPS) is 17.0. The Hall–Kier alpha value is -3.97. The molecule has 1 fully saturated rings. The van der Waals surface area contributed by atoms with Gasteiger partial charge in [-0.3, -0.25) is 14.6 Å². The van der Waals surface area contributed by atoms with Crippen molar-refractivity contribution in [1.82, 2.24) is 14.8 Å². The van der Waals surface area contributed by atoms with Crippen molar-refractivity contribution in [2.24, 2.45) is 0 Å². The molecule has 1 aromatic heterocycles. The molecule has 1 unspecified atom stereocenters. The van der Waals surface area contributed by atoms with Gasteiger partial charge in [-0.25, -0.2) is 0 Å². The Balaban J connectivity index is 1.61. The fourth-order valence-electron chi connectivity index (χ4n) is 4.63. The number of amides is 1. The van der Waals surface area contributed by atoms with Crippen LogP contribution in [0.25, 0.3) is 5.76 Å². The molecule has 1 amide bonds. The summed E-state index contributed by atoms with van der Waals surface area (Å²) in [5.74, 6) is -0.841. The number of pyridine rings is 1. The molecule has 192 valence electrons. The van der Waals surface area contributed by atoms with Crippen LogP contribution in [0, 0.1) is 6.92 Å². The Morgan fingerprint density at radius 2 is 1.73 bits per heavy atom. The number of benzene rings is 2. The molecule has 0 bridgehead atoms. The van der Waals surface area contributed by atoms with E-state index in [1.54, 1.807) is 53.7 Å². The van der Waals surface area contributed by atoms with Gasteiger partial charge in [-0.2, -0.15) is 0 Å². The van der Waals surface area contributed by atoms with E-state index in [0.29, 0.717) is 31.0 Å². The Morgan fingerprint density at radius 1 is 1.03 bits per heavy atom. The van der Waals surface area contributed by atoms with Gasteiger partial charge < -0.3 is 19.6 Å². The molecule has 1 aliphatic rings. The summed E-state index contributed by atoms with van der Waals surface area (Å²) in [6, 6.07) is 17.9. The molecule has 2 heterocycles. The lowest BCUT2D eigenvalue weighted by molar-refractivity contribution is -0.140. The molecule has 3 aromatic rings. The quantitative estimate of drug-likeness (QED) is 0.247. The van der Waals surface area contributed by atoms with Gasteiger partial charge in [-0.1, -0.05) is 43.7 Å². The topological polar surface area (TPSA) is 83.0 Å². The summed E-state index contributed by atoms with van der Waals surface area (Å²) >= 11 is 0. The third-order valence-electron chi connectivity index (χ3n) is 6.73. The van der Waals surface area contributed by atoms with Crippen LogP contribution in [0.15, 0.2) is 78.6 Å². The minimum Gasteiger partial charge on any atom is -0.507 e. The number of ether oxygens (including phenoxy) is 1. The molecule has 1 saturated heterocycles. The van der Waals surface area contributed by atoms with Crippen molar-refractivity contribution in [3.63, 3.8) is 0 Å². The zero-order valence-electron chi connectivity index (χ0n) is 21.6. The number of aliphatic hydroxyl groups is 1. The molecule has 0 saturated carbocycles. The molecule has 1 aliphatic heterocycles. The van der Waals surface area contributed by atoms with E-state index in [1.165, 1.54) is 5.56 Å². The number of ketones is 1. The zero-order valence-corrected chi connectivity index (χ0v) is 21.6. The van der Waals surface area contributed by atoms with Gasteiger partial charge in [0.15, 0.2) is 0 Å². The molecule has 4 rings (SSSR count). The monoisotopic (exact) mass is 499 g/mol. The minimum absolute atomic E-state index is 0.0872. The smallest absolute Gasteiger partial charge is 0.295 e. The fourth-order valence-corrected chi connectivity index (χ4v) is 4.63. The van der Waals surface area contributed by atoms with Crippen LogP contribution in [0.5, 0.6) is 5.75 Å². The Labute approximate surface area is 218 Å². The number of likely N-dealkylation sites (tertiary alicyclic amines) is 1. The van der Waals surface area contributed by atoms with Crippen molar-refractivity contribution in [2.45, 2.75) is 33.4 Å². The predicted octanol–water partition coefficient (Wildman–Crippen LogP) is 4.73. The summed E-state index contributed by atoms with van der Waals surface area (Å²) in [6.07, 6.45) is 3.25. The van der Waals surface area contributed by atoms with Crippen molar-refractivity contribution in [2.75, 3.05) is 26.2 Å². The van der Waals surface area contributed by atoms with E-state index in [2.05, 4.69) is 29.8 Å². The average Bonchev–Trinajstić information content (AvgIpc) is 3.18. The van der Waals surface area contributed by atoms with Gasteiger partial charge in [0.1, 0.15) is 18.1 Å². The van der Waals surface area contributed by atoms with Crippen molar-refractivity contribution >= 4 is 17.4 Å².